The van der Waals surface area contributed by atoms with Crippen molar-refractivity contribution in [2.45, 2.75) is 72.8 Å². The second-order valence-corrected chi connectivity index (χ2v) is 9.61. The molecule has 130 valence electrons. The molecule has 0 bridgehead atoms. The summed E-state index contributed by atoms with van der Waals surface area (Å²) in [5.74, 6) is 1.15. The van der Waals surface area contributed by atoms with E-state index in [1.165, 1.54) is 0 Å². The highest BCUT2D eigenvalue weighted by Crippen LogP contribution is 2.49. The summed E-state index contributed by atoms with van der Waals surface area (Å²) in [5.41, 5.74) is -0.129. The fourth-order valence-electron chi connectivity index (χ4n) is 4.21. The Morgan fingerprint density at radius 2 is 1.48 bits per heavy atom. The first-order valence-electron chi connectivity index (χ1n) is 9.17. The maximum absolute atomic E-state index is 12.5. The van der Waals surface area contributed by atoms with E-state index in [2.05, 4.69) is 38.3 Å². The van der Waals surface area contributed by atoms with Crippen molar-refractivity contribution in [2.75, 3.05) is 6.54 Å². The predicted molar refractivity (Wildman–Crippen MR) is 90.7 cm³/mol. The highest BCUT2D eigenvalue weighted by molar-refractivity contribution is 5.85. The molecule has 0 aliphatic heterocycles. The summed E-state index contributed by atoms with van der Waals surface area (Å²) < 4.78 is 0. The molecule has 0 heterocycles. The van der Waals surface area contributed by atoms with Crippen molar-refractivity contribution >= 4 is 11.8 Å². The maximum Gasteiger partial charge on any atom is 0.226 e. The Hall–Kier alpha value is -1.06. The molecule has 4 heteroatoms. The standard InChI is InChI=1S/C19H32N2O2/c1-12-10-17(2,3)13(11-20-15(22)18(4)6-7-18)14(12)21-16(23)19(5)8-9-19/h12-14H,6-11H2,1-5H3,(H,20,22)(H,21,23)/t12-,13-,14-/m1/s1. The van der Waals surface area contributed by atoms with Crippen LogP contribution in [0.4, 0.5) is 0 Å². The van der Waals surface area contributed by atoms with Crippen LogP contribution in [0.15, 0.2) is 0 Å². The fourth-order valence-corrected chi connectivity index (χ4v) is 4.21. The first kappa shape index (κ1) is 16.8. The number of carbonyl (C=O) groups is 2. The van der Waals surface area contributed by atoms with Crippen molar-refractivity contribution in [1.82, 2.24) is 10.6 Å². The minimum atomic E-state index is -0.137. The Bertz CT molecular complexity index is 517. The van der Waals surface area contributed by atoms with Crippen LogP contribution in [0.25, 0.3) is 0 Å². The third kappa shape index (κ3) is 3.14. The van der Waals surface area contributed by atoms with Crippen LogP contribution in [0.3, 0.4) is 0 Å². The van der Waals surface area contributed by atoms with Crippen LogP contribution < -0.4 is 10.6 Å². The molecule has 0 aromatic carbocycles. The second kappa shape index (κ2) is 5.22. The maximum atomic E-state index is 12.5. The van der Waals surface area contributed by atoms with Crippen LogP contribution in [0.1, 0.15) is 66.7 Å². The van der Waals surface area contributed by atoms with Crippen molar-refractivity contribution in [1.29, 1.82) is 0 Å². The quantitative estimate of drug-likeness (QED) is 0.818. The molecule has 0 spiro atoms. The van der Waals surface area contributed by atoms with E-state index in [0.29, 0.717) is 18.4 Å². The van der Waals surface area contributed by atoms with Gasteiger partial charge >= 0.3 is 0 Å². The highest BCUT2D eigenvalue weighted by atomic mass is 16.2. The van der Waals surface area contributed by atoms with Gasteiger partial charge < -0.3 is 10.6 Å². The molecule has 2 N–H and O–H groups in total. The van der Waals surface area contributed by atoms with Gasteiger partial charge in [-0.3, -0.25) is 9.59 Å². The van der Waals surface area contributed by atoms with Crippen molar-refractivity contribution in [3.63, 3.8) is 0 Å². The van der Waals surface area contributed by atoms with Crippen LogP contribution in [-0.4, -0.2) is 24.4 Å². The van der Waals surface area contributed by atoms with Crippen LogP contribution in [-0.2, 0) is 9.59 Å². The predicted octanol–water partition coefficient (Wildman–Crippen LogP) is 2.87. The minimum Gasteiger partial charge on any atom is -0.355 e. The smallest absolute Gasteiger partial charge is 0.226 e. The number of rotatable bonds is 5. The van der Waals surface area contributed by atoms with E-state index in [1.807, 2.05) is 6.92 Å². The third-order valence-electron chi connectivity index (χ3n) is 6.78. The summed E-state index contributed by atoms with van der Waals surface area (Å²) in [6.45, 7) is 11.5. The van der Waals surface area contributed by atoms with E-state index in [-0.39, 0.29) is 34.1 Å². The fraction of sp³-hybridized carbons (Fsp3) is 0.895. The minimum absolute atomic E-state index is 0.130. The first-order chi connectivity index (χ1) is 10.6. The molecule has 0 radical (unpaired) electrons. The lowest BCUT2D eigenvalue weighted by atomic mass is 9.80. The third-order valence-corrected chi connectivity index (χ3v) is 6.78. The Morgan fingerprint density at radius 3 is 2.00 bits per heavy atom. The lowest BCUT2D eigenvalue weighted by molar-refractivity contribution is -0.127. The van der Waals surface area contributed by atoms with E-state index in [9.17, 15) is 9.59 Å². The number of hydrogen-bond donors (Lipinski definition) is 2. The highest BCUT2D eigenvalue weighted by Gasteiger charge is 2.51. The Labute approximate surface area is 140 Å². The van der Waals surface area contributed by atoms with Gasteiger partial charge in [-0.1, -0.05) is 34.6 Å². The topological polar surface area (TPSA) is 58.2 Å². The zero-order valence-electron chi connectivity index (χ0n) is 15.3. The Morgan fingerprint density at radius 1 is 0.957 bits per heavy atom. The van der Waals surface area contributed by atoms with Crippen molar-refractivity contribution in [2.24, 2.45) is 28.1 Å². The number of amides is 2. The van der Waals surface area contributed by atoms with Gasteiger partial charge in [0.1, 0.15) is 0 Å². The monoisotopic (exact) mass is 320 g/mol. The van der Waals surface area contributed by atoms with E-state index in [1.54, 1.807) is 0 Å². The molecule has 0 unspecified atom stereocenters. The van der Waals surface area contributed by atoms with Gasteiger partial charge in [0.15, 0.2) is 0 Å². The summed E-state index contributed by atoms with van der Waals surface area (Å²) in [7, 11) is 0. The average molecular weight is 320 g/mol. The Kier molecular flexibility index (Phi) is 3.81. The van der Waals surface area contributed by atoms with E-state index < -0.39 is 0 Å². The van der Waals surface area contributed by atoms with Crippen LogP contribution in [0.5, 0.6) is 0 Å². The summed E-state index contributed by atoms with van der Waals surface area (Å²) in [6.07, 6.45) is 5.10. The van der Waals surface area contributed by atoms with Crippen LogP contribution in [0.2, 0.25) is 0 Å². The van der Waals surface area contributed by atoms with E-state index >= 15 is 0 Å². The van der Waals surface area contributed by atoms with Crippen molar-refractivity contribution in [3.05, 3.63) is 0 Å². The lowest BCUT2D eigenvalue weighted by Gasteiger charge is -2.32. The zero-order valence-corrected chi connectivity index (χ0v) is 15.3. The van der Waals surface area contributed by atoms with E-state index in [0.717, 1.165) is 32.1 Å². The molecule has 3 saturated carbocycles. The molecule has 4 nitrogen and oxygen atoms in total. The molecule has 23 heavy (non-hydrogen) atoms. The van der Waals surface area contributed by atoms with Gasteiger partial charge in [-0.2, -0.15) is 0 Å². The molecule has 3 fully saturated rings. The average Bonchev–Trinajstić information content (AvgIpc) is 3.35. The molecular weight excluding hydrogens is 288 g/mol. The van der Waals surface area contributed by atoms with Gasteiger partial charge in [-0.05, 0) is 43.4 Å². The van der Waals surface area contributed by atoms with Gasteiger partial charge in [-0.15, -0.1) is 0 Å². The summed E-state index contributed by atoms with van der Waals surface area (Å²) in [4.78, 5) is 24.8. The molecule has 0 aromatic rings. The lowest BCUT2D eigenvalue weighted by Crippen LogP contribution is -2.49. The summed E-state index contributed by atoms with van der Waals surface area (Å²) >= 11 is 0. The van der Waals surface area contributed by atoms with Gasteiger partial charge in [0.25, 0.3) is 0 Å². The van der Waals surface area contributed by atoms with Crippen LogP contribution >= 0.6 is 0 Å². The molecule has 3 atom stereocenters. The van der Waals surface area contributed by atoms with Gasteiger partial charge in [0.05, 0.1) is 0 Å². The number of hydrogen-bond acceptors (Lipinski definition) is 2. The molecule has 3 aliphatic rings. The van der Waals surface area contributed by atoms with Crippen molar-refractivity contribution in [3.8, 4) is 0 Å². The van der Waals surface area contributed by atoms with Crippen LogP contribution in [0, 0.1) is 28.1 Å². The summed E-state index contributed by atoms with van der Waals surface area (Å²) in [6, 6.07) is 0.169. The molecular formula is C19H32N2O2. The molecule has 3 aliphatic carbocycles. The zero-order chi connectivity index (χ0) is 17.0. The second-order valence-electron chi connectivity index (χ2n) is 9.61. The number of nitrogens with one attached hydrogen (secondary N) is 2. The largest absolute Gasteiger partial charge is 0.355 e. The molecule has 0 saturated heterocycles. The Balaban J connectivity index is 1.65. The molecule has 3 rings (SSSR count). The van der Waals surface area contributed by atoms with Gasteiger partial charge in [0.2, 0.25) is 11.8 Å². The molecule has 0 aromatic heterocycles. The normalized spacial score (nSPS) is 35.4. The number of carbonyl (C=O) groups excluding carboxylic acids is 2. The van der Waals surface area contributed by atoms with Crippen molar-refractivity contribution < 1.29 is 9.59 Å². The molecule has 2 amide bonds. The first-order valence-corrected chi connectivity index (χ1v) is 9.17. The van der Waals surface area contributed by atoms with Gasteiger partial charge in [0, 0.05) is 29.3 Å². The van der Waals surface area contributed by atoms with E-state index in [4.69, 9.17) is 0 Å². The summed E-state index contributed by atoms with van der Waals surface area (Å²) in [5, 5.41) is 6.50. The van der Waals surface area contributed by atoms with Gasteiger partial charge in [-0.25, -0.2) is 0 Å². The SMILES string of the molecule is C[C@@H]1CC(C)(C)[C@H](CNC(=O)C2(C)CC2)[C@@H]1NC(=O)C1(C)CC1.